The Balaban J connectivity index is 2.02. The second-order valence-electron chi connectivity index (χ2n) is 7.33. The number of hydrogen-bond acceptors (Lipinski definition) is 2. The fourth-order valence-corrected chi connectivity index (χ4v) is 4.57. The van der Waals surface area contributed by atoms with Crippen molar-refractivity contribution >= 4 is 0 Å². The molecule has 0 aromatic heterocycles. The number of rotatable bonds is 4. The summed E-state index contributed by atoms with van der Waals surface area (Å²) in [6.07, 6.45) is 13.9. The Morgan fingerprint density at radius 1 is 0.900 bits per heavy atom. The summed E-state index contributed by atoms with van der Waals surface area (Å²) >= 11 is 0. The summed E-state index contributed by atoms with van der Waals surface area (Å²) in [5.74, 6) is 1.92. The standard InChI is InChI=1S/C18H36N2/c1-3-16-7-5-11-18(15-19,12-9-16)20-13-6-8-17(4-2)10-14-20/h16-17H,3-15,19H2,1-2H3. The molecule has 1 saturated carbocycles. The van der Waals surface area contributed by atoms with Gasteiger partial charge in [-0.15, -0.1) is 0 Å². The highest BCUT2D eigenvalue weighted by atomic mass is 15.2. The van der Waals surface area contributed by atoms with E-state index in [2.05, 4.69) is 18.7 Å². The second kappa shape index (κ2) is 7.79. The molecule has 0 spiro atoms. The second-order valence-corrected chi connectivity index (χ2v) is 7.33. The van der Waals surface area contributed by atoms with Crippen LogP contribution in [0.4, 0.5) is 0 Å². The molecule has 2 heteroatoms. The van der Waals surface area contributed by atoms with Gasteiger partial charge in [0, 0.05) is 12.1 Å². The summed E-state index contributed by atoms with van der Waals surface area (Å²) in [4.78, 5) is 2.81. The monoisotopic (exact) mass is 280 g/mol. The molecule has 2 aliphatic rings. The molecule has 2 fully saturated rings. The molecule has 0 radical (unpaired) electrons. The molecular formula is C18H36N2. The predicted molar refractivity (Wildman–Crippen MR) is 87.9 cm³/mol. The van der Waals surface area contributed by atoms with Gasteiger partial charge < -0.3 is 5.73 Å². The molecule has 2 rings (SSSR count). The minimum Gasteiger partial charge on any atom is -0.329 e. The van der Waals surface area contributed by atoms with Crippen LogP contribution in [0, 0.1) is 11.8 Å². The summed E-state index contributed by atoms with van der Waals surface area (Å²) in [5, 5.41) is 0. The van der Waals surface area contributed by atoms with Gasteiger partial charge in [0.15, 0.2) is 0 Å². The van der Waals surface area contributed by atoms with Crippen LogP contribution < -0.4 is 5.73 Å². The van der Waals surface area contributed by atoms with Crippen molar-refractivity contribution in [3.63, 3.8) is 0 Å². The Morgan fingerprint density at radius 3 is 2.30 bits per heavy atom. The molecule has 118 valence electrons. The van der Waals surface area contributed by atoms with Crippen molar-refractivity contribution in [2.75, 3.05) is 19.6 Å². The molecule has 3 unspecified atom stereocenters. The van der Waals surface area contributed by atoms with Crippen LogP contribution in [-0.2, 0) is 0 Å². The van der Waals surface area contributed by atoms with E-state index in [4.69, 9.17) is 5.73 Å². The molecule has 2 nitrogen and oxygen atoms in total. The molecule has 20 heavy (non-hydrogen) atoms. The van der Waals surface area contributed by atoms with Crippen LogP contribution in [0.2, 0.25) is 0 Å². The zero-order valence-corrected chi connectivity index (χ0v) is 13.9. The highest BCUT2D eigenvalue weighted by Gasteiger charge is 2.37. The Labute approximate surface area is 126 Å². The molecule has 2 N–H and O–H groups in total. The summed E-state index contributed by atoms with van der Waals surface area (Å²) < 4.78 is 0. The van der Waals surface area contributed by atoms with Crippen molar-refractivity contribution in [3.8, 4) is 0 Å². The highest BCUT2D eigenvalue weighted by Crippen LogP contribution is 2.37. The van der Waals surface area contributed by atoms with Crippen molar-refractivity contribution in [2.24, 2.45) is 17.6 Å². The minimum atomic E-state index is 0.340. The van der Waals surface area contributed by atoms with Crippen molar-refractivity contribution in [3.05, 3.63) is 0 Å². The molecular weight excluding hydrogens is 244 g/mol. The maximum Gasteiger partial charge on any atom is 0.0331 e. The van der Waals surface area contributed by atoms with E-state index in [-0.39, 0.29) is 0 Å². The third-order valence-corrected chi connectivity index (χ3v) is 6.33. The smallest absolute Gasteiger partial charge is 0.0331 e. The fraction of sp³-hybridized carbons (Fsp3) is 1.00. The van der Waals surface area contributed by atoms with Crippen molar-refractivity contribution < 1.29 is 0 Å². The molecule has 1 aliphatic heterocycles. The zero-order chi connectivity index (χ0) is 14.4. The maximum atomic E-state index is 6.30. The lowest BCUT2D eigenvalue weighted by atomic mass is 9.87. The molecule has 0 amide bonds. The van der Waals surface area contributed by atoms with Gasteiger partial charge in [0.2, 0.25) is 0 Å². The number of likely N-dealkylation sites (tertiary alicyclic amines) is 1. The topological polar surface area (TPSA) is 29.3 Å². The first-order valence-corrected chi connectivity index (χ1v) is 9.19. The Hall–Kier alpha value is -0.0800. The van der Waals surface area contributed by atoms with Gasteiger partial charge in [0.25, 0.3) is 0 Å². The van der Waals surface area contributed by atoms with Crippen molar-refractivity contribution in [1.82, 2.24) is 4.90 Å². The SMILES string of the molecule is CCC1CCCN(C2(CN)CCCC(CC)CC2)CC1. The van der Waals surface area contributed by atoms with Gasteiger partial charge >= 0.3 is 0 Å². The summed E-state index contributed by atoms with van der Waals surface area (Å²) in [7, 11) is 0. The van der Waals surface area contributed by atoms with Crippen LogP contribution in [-0.4, -0.2) is 30.1 Å². The van der Waals surface area contributed by atoms with Crippen LogP contribution in [0.15, 0.2) is 0 Å². The molecule has 1 saturated heterocycles. The highest BCUT2D eigenvalue weighted by molar-refractivity contribution is 4.95. The van der Waals surface area contributed by atoms with Gasteiger partial charge in [0.05, 0.1) is 0 Å². The predicted octanol–water partition coefficient (Wildman–Crippen LogP) is 4.19. The molecule has 0 aromatic rings. The van der Waals surface area contributed by atoms with E-state index in [9.17, 15) is 0 Å². The molecule has 0 bridgehead atoms. The van der Waals surface area contributed by atoms with Crippen molar-refractivity contribution in [2.45, 2.75) is 83.6 Å². The van der Waals surface area contributed by atoms with Gasteiger partial charge in [-0.3, -0.25) is 4.90 Å². The lowest BCUT2D eigenvalue weighted by molar-refractivity contribution is 0.0792. The van der Waals surface area contributed by atoms with E-state index in [1.807, 2.05) is 0 Å². The lowest BCUT2D eigenvalue weighted by Crippen LogP contribution is -2.54. The van der Waals surface area contributed by atoms with Gasteiger partial charge in [-0.05, 0) is 63.5 Å². The third kappa shape index (κ3) is 3.76. The van der Waals surface area contributed by atoms with Crippen LogP contribution >= 0.6 is 0 Å². The van der Waals surface area contributed by atoms with E-state index in [0.29, 0.717) is 5.54 Å². The van der Waals surface area contributed by atoms with Crippen molar-refractivity contribution in [1.29, 1.82) is 0 Å². The van der Waals surface area contributed by atoms with E-state index in [0.717, 1.165) is 18.4 Å². The lowest BCUT2D eigenvalue weighted by Gasteiger charge is -2.43. The minimum absolute atomic E-state index is 0.340. The molecule has 1 aliphatic carbocycles. The molecule has 0 aromatic carbocycles. The van der Waals surface area contributed by atoms with Crippen LogP contribution in [0.25, 0.3) is 0 Å². The number of nitrogens with zero attached hydrogens (tertiary/aromatic N) is 1. The van der Waals surface area contributed by atoms with E-state index in [1.165, 1.54) is 77.3 Å². The quantitative estimate of drug-likeness (QED) is 0.783. The Morgan fingerprint density at radius 2 is 1.60 bits per heavy atom. The van der Waals surface area contributed by atoms with Crippen LogP contribution in [0.5, 0.6) is 0 Å². The van der Waals surface area contributed by atoms with E-state index >= 15 is 0 Å². The van der Waals surface area contributed by atoms with Gasteiger partial charge in [-0.25, -0.2) is 0 Å². The molecule has 1 heterocycles. The maximum absolute atomic E-state index is 6.30. The van der Waals surface area contributed by atoms with E-state index in [1.54, 1.807) is 0 Å². The average Bonchev–Trinajstić information content (AvgIpc) is 2.85. The van der Waals surface area contributed by atoms with E-state index < -0.39 is 0 Å². The largest absolute Gasteiger partial charge is 0.329 e. The summed E-state index contributed by atoms with van der Waals surface area (Å²) in [6, 6.07) is 0. The average molecular weight is 280 g/mol. The van der Waals surface area contributed by atoms with Crippen LogP contribution in [0.1, 0.15) is 78.1 Å². The van der Waals surface area contributed by atoms with Crippen LogP contribution in [0.3, 0.4) is 0 Å². The first-order valence-electron chi connectivity index (χ1n) is 9.19. The first-order chi connectivity index (χ1) is 9.74. The first kappa shape index (κ1) is 16.3. The number of nitrogens with two attached hydrogens (primary N) is 1. The fourth-order valence-electron chi connectivity index (χ4n) is 4.57. The normalized spacial score (nSPS) is 37.4. The van der Waals surface area contributed by atoms with Gasteiger partial charge in [-0.1, -0.05) is 39.5 Å². The summed E-state index contributed by atoms with van der Waals surface area (Å²) in [5.41, 5.74) is 6.64. The number of hydrogen-bond donors (Lipinski definition) is 1. The summed E-state index contributed by atoms with van der Waals surface area (Å²) in [6.45, 7) is 8.19. The third-order valence-electron chi connectivity index (χ3n) is 6.33. The van der Waals surface area contributed by atoms with Gasteiger partial charge in [-0.2, -0.15) is 0 Å². The Kier molecular flexibility index (Phi) is 6.35. The zero-order valence-electron chi connectivity index (χ0n) is 13.9. The van der Waals surface area contributed by atoms with Gasteiger partial charge in [0.1, 0.15) is 0 Å². The molecule has 3 atom stereocenters. The Bertz CT molecular complexity index is 279.